The first kappa shape index (κ1) is 25.8. The Bertz CT molecular complexity index is 1430. The monoisotopic (exact) mass is 548 g/mol. The minimum atomic E-state index is -4.74. The van der Waals surface area contributed by atoms with Gasteiger partial charge in [0.05, 0.1) is 19.8 Å². The molecule has 0 bridgehead atoms. The van der Waals surface area contributed by atoms with Gasteiger partial charge in [-0.15, -0.1) is 10.2 Å². The predicted octanol–water partition coefficient (Wildman–Crippen LogP) is 3.79. The number of carbonyl (C=O) groups excluding carboxylic acids is 1. The fourth-order valence-corrected chi connectivity index (χ4v) is 5.33. The topological polar surface area (TPSA) is 85.2 Å². The van der Waals surface area contributed by atoms with Gasteiger partial charge >= 0.3 is 6.18 Å². The van der Waals surface area contributed by atoms with E-state index in [1.54, 1.807) is 12.4 Å². The molecule has 206 valence electrons. The van der Waals surface area contributed by atoms with Gasteiger partial charge in [0.2, 0.25) is 0 Å². The van der Waals surface area contributed by atoms with Gasteiger partial charge < -0.3 is 14.6 Å². The number of fused-ring (bicyclic) bond motifs is 1. The lowest BCUT2D eigenvalue weighted by atomic mass is 9.75. The number of aromatic nitrogens is 4. The fraction of sp³-hybridized carbons (Fsp3) is 0.462. The number of hydrogen-bond donors (Lipinski definition) is 1. The molecule has 1 saturated carbocycles. The molecule has 3 aliphatic rings. The van der Waals surface area contributed by atoms with Crippen LogP contribution in [0, 0.1) is 0 Å². The Balaban J connectivity index is 1.26. The van der Waals surface area contributed by atoms with Crippen molar-refractivity contribution in [2.45, 2.75) is 55.9 Å². The van der Waals surface area contributed by atoms with Crippen molar-refractivity contribution in [2.24, 2.45) is 7.05 Å². The zero-order valence-electron chi connectivity index (χ0n) is 20.9. The van der Waals surface area contributed by atoms with E-state index in [9.17, 15) is 26.7 Å². The molecule has 1 aromatic carbocycles. The fourth-order valence-electron chi connectivity index (χ4n) is 5.33. The summed E-state index contributed by atoms with van der Waals surface area (Å²) >= 11 is 0. The second kappa shape index (κ2) is 9.05. The van der Waals surface area contributed by atoms with E-state index in [1.165, 1.54) is 11.0 Å². The average Bonchev–Trinajstić information content (AvgIpc) is 3.40. The van der Waals surface area contributed by atoms with Crippen LogP contribution in [0.5, 0.6) is 0 Å². The first-order valence-electron chi connectivity index (χ1n) is 12.5. The zero-order chi connectivity index (χ0) is 27.6. The van der Waals surface area contributed by atoms with Crippen LogP contribution in [0.15, 0.2) is 36.7 Å². The molecule has 1 amide bonds. The first-order valence-corrected chi connectivity index (χ1v) is 12.5. The van der Waals surface area contributed by atoms with Crippen LogP contribution in [-0.4, -0.2) is 50.8 Å². The molecule has 1 N–H and O–H groups in total. The van der Waals surface area contributed by atoms with Crippen molar-refractivity contribution in [3.05, 3.63) is 70.4 Å². The van der Waals surface area contributed by atoms with Gasteiger partial charge in [-0.05, 0) is 34.9 Å². The third-order valence-electron chi connectivity index (χ3n) is 7.71. The van der Waals surface area contributed by atoms with Crippen molar-refractivity contribution in [3.8, 4) is 0 Å². The van der Waals surface area contributed by atoms with Crippen molar-refractivity contribution < 1.29 is 31.5 Å². The van der Waals surface area contributed by atoms with Crippen LogP contribution in [0.25, 0.3) is 0 Å². The predicted molar refractivity (Wildman–Crippen MR) is 128 cm³/mol. The summed E-state index contributed by atoms with van der Waals surface area (Å²) < 4.78 is 74.7. The normalized spacial score (nSPS) is 20.1. The minimum Gasteiger partial charge on any atom is -0.379 e. The molecule has 3 aromatic rings. The van der Waals surface area contributed by atoms with Crippen molar-refractivity contribution >= 4 is 11.7 Å². The van der Waals surface area contributed by atoms with E-state index < -0.39 is 35.2 Å². The minimum absolute atomic E-state index is 0.0525. The molecule has 2 aromatic heterocycles. The maximum atomic E-state index is 13.7. The molecule has 2 fully saturated rings. The van der Waals surface area contributed by atoms with E-state index in [-0.39, 0.29) is 37.3 Å². The van der Waals surface area contributed by atoms with E-state index in [4.69, 9.17) is 4.74 Å². The number of nitrogens with one attached hydrogen (secondary N) is 1. The summed E-state index contributed by atoms with van der Waals surface area (Å²) in [5, 5.41) is 11.0. The van der Waals surface area contributed by atoms with Crippen LogP contribution < -0.4 is 10.2 Å². The van der Waals surface area contributed by atoms with Crippen LogP contribution >= 0.6 is 0 Å². The van der Waals surface area contributed by atoms with Crippen LogP contribution in [0.4, 0.5) is 27.8 Å². The SMILES string of the molecule is Cn1cnnc1CC1(c2ccc3c(c2)C(=O)N(c2cc(CNC4CC(F)(F)C4)cc(C(F)(F)F)n2)C3)COC1. The molecule has 0 unspecified atom stereocenters. The molecule has 0 atom stereocenters. The number of halogens is 5. The molecule has 6 rings (SSSR count). The summed E-state index contributed by atoms with van der Waals surface area (Å²) in [7, 11) is 1.85. The maximum absolute atomic E-state index is 13.7. The van der Waals surface area contributed by atoms with Gasteiger partial charge in [-0.3, -0.25) is 9.69 Å². The lowest BCUT2D eigenvalue weighted by Crippen LogP contribution is -2.49. The van der Waals surface area contributed by atoms with Gasteiger partial charge in [0.25, 0.3) is 11.8 Å². The number of ether oxygens (including phenoxy) is 1. The summed E-state index contributed by atoms with van der Waals surface area (Å²) in [6.45, 7) is 0.893. The Morgan fingerprint density at radius 3 is 2.54 bits per heavy atom. The van der Waals surface area contributed by atoms with Crippen LogP contribution in [-0.2, 0) is 42.9 Å². The molecule has 39 heavy (non-hydrogen) atoms. The summed E-state index contributed by atoms with van der Waals surface area (Å²) in [6.07, 6.45) is -3.29. The van der Waals surface area contributed by atoms with Gasteiger partial charge in [0, 0.05) is 49.9 Å². The smallest absolute Gasteiger partial charge is 0.379 e. The largest absolute Gasteiger partial charge is 0.433 e. The summed E-state index contributed by atoms with van der Waals surface area (Å²) in [6, 6.07) is 7.31. The highest BCUT2D eigenvalue weighted by Gasteiger charge is 2.45. The molecule has 0 radical (unpaired) electrons. The Kier molecular flexibility index (Phi) is 5.99. The number of benzene rings is 1. The van der Waals surface area contributed by atoms with Crippen molar-refractivity contribution in [2.75, 3.05) is 18.1 Å². The lowest BCUT2D eigenvalue weighted by molar-refractivity contribution is -0.141. The Hall–Kier alpha value is -3.45. The highest BCUT2D eigenvalue weighted by Crippen LogP contribution is 2.40. The molecule has 1 aliphatic carbocycles. The number of anilines is 1. The second-order valence-electron chi connectivity index (χ2n) is 10.6. The molecule has 0 spiro atoms. The number of aryl methyl sites for hydroxylation is 1. The van der Waals surface area contributed by atoms with E-state index in [0.29, 0.717) is 30.8 Å². The number of hydrogen-bond acceptors (Lipinski definition) is 6. The summed E-state index contributed by atoms with van der Waals surface area (Å²) in [4.78, 5) is 18.4. The van der Waals surface area contributed by atoms with Gasteiger partial charge in [-0.25, -0.2) is 13.8 Å². The molecular formula is C26H25F5N6O2. The Labute approximate surface area is 220 Å². The second-order valence-corrected chi connectivity index (χ2v) is 10.6. The van der Waals surface area contributed by atoms with Gasteiger partial charge in [-0.1, -0.05) is 12.1 Å². The van der Waals surface area contributed by atoms with Gasteiger partial charge in [0.1, 0.15) is 23.7 Å². The number of pyridine rings is 1. The van der Waals surface area contributed by atoms with Gasteiger partial charge in [-0.2, -0.15) is 13.2 Å². The lowest BCUT2D eigenvalue weighted by Gasteiger charge is -2.41. The zero-order valence-corrected chi connectivity index (χ0v) is 20.9. The number of carbonyl (C=O) groups is 1. The van der Waals surface area contributed by atoms with Crippen molar-refractivity contribution in [3.63, 3.8) is 0 Å². The van der Waals surface area contributed by atoms with Crippen molar-refractivity contribution in [1.29, 1.82) is 0 Å². The molecule has 4 heterocycles. The van der Waals surface area contributed by atoms with Crippen LogP contribution in [0.1, 0.15) is 51.4 Å². The molecule has 1 saturated heterocycles. The number of alkyl halides is 5. The third-order valence-corrected chi connectivity index (χ3v) is 7.71. The van der Waals surface area contributed by atoms with Crippen molar-refractivity contribution in [1.82, 2.24) is 25.1 Å². The van der Waals surface area contributed by atoms with E-state index in [1.807, 2.05) is 23.7 Å². The quantitative estimate of drug-likeness (QED) is 0.453. The van der Waals surface area contributed by atoms with Crippen LogP contribution in [0.3, 0.4) is 0 Å². The van der Waals surface area contributed by atoms with E-state index in [0.717, 1.165) is 17.5 Å². The summed E-state index contributed by atoms with van der Waals surface area (Å²) in [5.41, 5.74) is 0.621. The Morgan fingerprint density at radius 2 is 1.92 bits per heavy atom. The highest BCUT2D eigenvalue weighted by molar-refractivity contribution is 6.09. The standard InChI is InChI=1S/C26H25F5N6O2/c1-36-14-33-35-22(36)9-24(12-39-13-24)17-3-2-16-11-37(23(38)19(16)6-17)21-5-15(4-20(34-21)26(29,30)31)10-32-18-7-25(27,28)8-18/h2-6,14,18,32H,7-13H2,1H3. The molecule has 13 heteroatoms. The van der Waals surface area contributed by atoms with E-state index >= 15 is 0 Å². The maximum Gasteiger partial charge on any atom is 0.433 e. The summed E-state index contributed by atoms with van der Waals surface area (Å²) in [5.74, 6) is -2.57. The molecule has 8 nitrogen and oxygen atoms in total. The Morgan fingerprint density at radius 1 is 1.15 bits per heavy atom. The number of nitrogens with zero attached hydrogens (tertiary/aromatic N) is 5. The molecular weight excluding hydrogens is 523 g/mol. The number of rotatable bonds is 7. The molecule has 2 aliphatic heterocycles. The third kappa shape index (κ3) is 4.78. The number of amides is 1. The average molecular weight is 549 g/mol. The van der Waals surface area contributed by atoms with Gasteiger partial charge in [0.15, 0.2) is 0 Å². The first-order chi connectivity index (χ1) is 18.4. The highest BCUT2D eigenvalue weighted by atomic mass is 19.4. The van der Waals surface area contributed by atoms with Crippen LogP contribution in [0.2, 0.25) is 0 Å². The van der Waals surface area contributed by atoms with E-state index in [2.05, 4.69) is 20.5 Å².